The van der Waals surface area contributed by atoms with Crippen LogP contribution < -0.4 is 10.2 Å². The number of halogens is 4. The first-order chi connectivity index (χ1) is 14.3. The van der Waals surface area contributed by atoms with Gasteiger partial charge in [0.2, 0.25) is 0 Å². The number of nitrogens with one attached hydrogen (secondary N) is 1. The number of carbonyl (C=O) groups is 1. The van der Waals surface area contributed by atoms with Gasteiger partial charge >= 0.3 is 0 Å². The lowest BCUT2D eigenvalue weighted by Crippen LogP contribution is -2.24. The van der Waals surface area contributed by atoms with Crippen molar-refractivity contribution in [1.29, 1.82) is 0 Å². The molecule has 1 N–H and O–H groups in total. The zero-order chi connectivity index (χ0) is 21.8. The van der Waals surface area contributed by atoms with Crippen molar-refractivity contribution in [3.05, 3.63) is 79.5 Å². The highest BCUT2D eigenvalue weighted by Crippen LogP contribution is 2.35. The number of hydrazone groups is 1. The fourth-order valence-corrected chi connectivity index (χ4v) is 3.74. The predicted octanol–water partition coefficient (Wildman–Crippen LogP) is 6.24. The number of hydrogen-bond acceptors (Lipinski definition) is 3. The summed E-state index contributed by atoms with van der Waals surface area (Å²) in [5, 5.41) is 5.45. The first-order valence-electron chi connectivity index (χ1n) is 8.80. The third kappa shape index (κ3) is 5.29. The molecule has 0 radical (unpaired) electrons. The monoisotopic (exact) mass is 483 g/mol. The van der Waals surface area contributed by atoms with Crippen LogP contribution in [-0.2, 0) is 4.79 Å². The van der Waals surface area contributed by atoms with Crippen LogP contribution in [0.2, 0.25) is 20.1 Å². The summed E-state index contributed by atoms with van der Waals surface area (Å²) in [7, 11) is 0. The summed E-state index contributed by atoms with van der Waals surface area (Å²) in [6.45, 7) is 3.65. The summed E-state index contributed by atoms with van der Waals surface area (Å²) in [5.74, 6) is -0.236. The van der Waals surface area contributed by atoms with E-state index >= 15 is 0 Å². The number of rotatable bonds is 6. The van der Waals surface area contributed by atoms with E-state index in [0.717, 1.165) is 22.6 Å². The van der Waals surface area contributed by atoms with Gasteiger partial charge in [0.05, 0.1) is 11.2 Å². The average molecular weight is 485 g/mol. The van der Waals surface area contributed by atoms with E-state index in [2.05, 4.69) is 15.1 Å². The Hall–Kier alpha value is -2.18. The first-order valence-corrected chi connectivity index (χ1v) is 10.3. The Morgan fingerprint density at radius 3 is 2.60 bits per heavy atom. The molecule has 156 valence electrons. The van der Waals surface area contributed by atoms with Gasteiger partial charge in [0.25, 0.3) is 5.91 Å². The summed E-state index contributed by atoms with van der Waals surface area (Å²) in [6, 6.07) is 12.5. The summed E-state index contributed by atoms with van der Waals surface area (Å²) in [6.07, 6.45) is 1.57. The lowest BCUT2D eigenvalue weighted by atomic mass is 10.2. The van der Waals surface area contributed by atoms with Crippen molar-refractivity contribution in [2.24, 2.45) is 5.10 Å². The van der Waals surface area contributed by atoms with Gasteiger partial charge in [-0.1, -0.05) is 52.5 Å². The second-order valence-electron chi connectivity index (χ2n) is 6.42. The Morgan fingerprint density at radius 2 is 1.87 bits per heavy atom. The van der Waals surface area contributed by atoms with Crippen LogP contribution in [0.5, 0.6) is 5.75 Å². The molecule has 9 heteroatoms. The molecule has 0 saturated carbocycles. The highest BCUT2D eigenvalue weighted by Gasteiger charge is 2.11. The van der Waals surface area contributed by atoms with Crippen molar-refractivity contribution < 1.29 is 9.53 Å². The fourth-order valence-electron chi connectivity index (χ4n) is 2.92. The minimum Gasteiger partial charge on any atom is -0.482 e. The highest BCUT2D eigenvalue weighted by molar-refractivity contribution is 6.44. The number of carbonyl (C=O) groups excluding carboxylic acids is 1. The van der Waals surface area contributed by atoms with Gasteiger partial charge in [0, 0.05) is 38.8 Å². The van der Waals surface area contributed by atoms with Crippen LogP contribution in [0.15, 0.2) is 47.6 Å². The largest absolute Gasteiger partial charge is 0.482 e. The van der Waals surface area contributed by atoms with Gasteiger partial charge in [-0.05, 0) is 44.2 Å². The maximum atomic E-state index is 12.0. The minimum absolute atomic E-state index is 0.186. The van der Waals surface area contributed by atoms with E-state index in [9.17, 15) is 4.79 Å². The van der Waals surface area contributed by atoms with Gasteiger partial charge in [0.15, 0.2) is 6.61 Å². The van der Waals surface area contributed by atoms with Gasteiger partial charge in [-0.2, -0.15) is 5.10 Å². The van der Waals surface area contributed by atoms with Crippen LogP contribution in [-0.4, -0.2) is 23.3 Å². The van der Waals surface area contributed by atoms with E-state index in [1.165, 1.54) is 12.1 Å². The Kier molecular flexibility index (Phi) is 7.32. The molecule has 0 aliphatic carbocycles. The van der Waals surface area contributed by atoms with Crippen LogP contribution in [0.4, 0.5) is 0 Å². The van der Waals surface area contributed by atoms with Gasteiger partial charge in [-0.15, -0.1) is 0 Å². The number of aromatic nitrogens is 1. The molecule has 3 rings (SSSR count). The number of aryl methyl sites for hydroxylation is 1. The maximum absolute atomic E-state index is 12.0. The van der Waals surface area contributed by atoms with Crippen LogP contribution in [0.25, 0.3) is 5.69 Å². The normalized spacial score (nSPS) is 11.1. The molecule has 0 spiro atoms. The topological polar surface area (TPSA) is 55.6 Å². The third-order valence-corrected chi connectivity index (χ3v) is 5.49. The van der Waals surface area contributed by atoms with E-state index in [1.54, 1.807) is 6.21 Å². The van der Waals surface area contributed by atoms with Crippen molar-refractivity contribution in [1.82, 2.24) is 9.99 Å². The zero-order valence-corrected chi connectivity index (χ0v) is 19.1. The molecular formula is C21H17Cl4N3O2. The van der Waals surface area contributed by atoms with Crippen LogP contribution >= 0.6 is 46.4 Å². The summed E-state index contributed by atoms with van der Waals surface area (Å²) >= 11 is 24.0. The van der Waals surface area contributed by atoms with Gasteiger partial charge in [0.1, 0.15) is 10.8 Å². The molecule has 3 aromatic rings. The quantitative estimate of drug-likeness (QED) is 0.256. The van der Waals surface area contributed by atoms with E-state index < -0.39 is 5.91 Å². The maximum Gasteiger partial charge on any atom is 0.277 e. The molecular weight excluding hydrogens is 468 g/mol. The Balaban J connectivity index is 1.65. The molecule has 0 bridgehead atoms. The van der Waals surface area contributed by atoms with Crippen molar-refractivity contribution in [2.45, 2.75) is 13.8 Å². The van der Waals surface area contributed by atoms with Crippen molar-refractivity contribution in [2.75, 3.05) is 6.61 Å². The van der Waals surface area contributed by atoms with E-state index in [4.69, 9.17) is 51.1 Å². The molecule has 30 heavy (non-hydrogen) atoms. The smallest absolute Gasteiger partial charge is 0.277 e. The van der Waals surface area contributed by atoms with Crippen molar-refractivity contribution in [3.63, 3.8) is 0 Å². The van der Waals surface area contributed by atoms with E-state index in [0.29, 0.717) is 10.0 Å². The minimum atomic E-state index is -0.456. The number of hydrogen-bond donors (Lipinski definition) is 1. The number of benzene rings is 2. The molecule has 0 aliphatic heterocycles. The molecule has 0 aliphatic rings. The van der Waals surface area contributed by atoms with E-state index in [-0.39, 0.29) is 22.4 Å². The molecule has 0 unspecified atom stereocenters. The fraction of sp³-hybridized carbons (Fsp3) is 0.143. The van der Waals surface area contributed by atoms with Gasteiger partial charge in [-0.3, -0.25) is 4.79 Å². The van der Waals surface area contributed by atoms with Crippen molar-refractivity contribution in [3.8, 4) is 11.4 Å². The van der Waals surface area contributed by atoms with E-state index in [1.807, 2.05) is 44.2 Å². The van der Waals surface area contributed by atoms with Crippen LogP contribution in [0.1, 0.15) is 17.0 Å². The van der Waals surface area contributed by atoms with Crippen molar-refractivity contribution >= 4 is 58.5 Å². The second kappa shape index (κ2) is 9.75. The molecule has 5 nitrogen and oxygen atoms in total. The SMILES string of the molecule is Cc1cc(/C=N\NC(=O)COc2cc(Cl)cc(Cl)c2Cl)c(C)n1-c1cccc(Cl)c1. The predicted molar refractivity (Wildman–Crippen MR) is 123 cm³/mol. The zero-order valence-electron chi connectivity index (χ0n) is 16.0. The molecule has 1 amide bonds. The Bertz CT molecular complexity index is 1130. The Labute approximate surface area is 194 Å². The molecule has 1 heterocycles. The summed E-state index contributed by atoms with van der Waals surface area (Å²) in [4.78, 5) is 12.0. The lowest BCUT2D eigenvalue weighted by Gasteiger charge is -2.10. The van der Waals surface area contributed by atoms with Crippen LogP contribution in [0.3, 0.4) is 0 Å². The summed E-state index contributed by atoms with van der Waals surface area (Å²) in [5.41, 5.74) is 6.21. The molecule has 0 atom stereocenters. The second-order valence-corrected chi connectivity index (χ2v) is 8.08. The summed E-state index contributed by atoms with van der Waals surface area (Å²) < 4.78 is 7.43. The number of nitrogens with zero attached hydrogens (tertiary/aromatic N) is 2. The Morgan fingerprint density at radius 1 is 1.10 bits per heavy atom. The lowest BCUT2D eigenvalue weighted by molar-refractivity contribution is -0.123. The van der Waals surface area contributed by atoms with Gasteiger partial charge < -0.3 is 9.30 Å². The standard InChI is InChI=1S/C21H17Cl4N3O2/c1-12-6-14(13(2)28(12)17-5-3-4-15(22)7-17)10-26-27-20(29)11-30-19-9-16(23)8-18(24)21(19)25/h3-10H,11H2,1-2H3,(H,27,29)/b26-10-. The molecule has 2 aromatic carbocycles. The number of ether oxygens (including phenoxy) is 1. The first kappa shape index (κ1) is 22.5. The molecule has 1 aromatic heterocycles. The third-order valence-electron chi connectivity index (χ3n) is 4.25. The highest BCUT2D eigenvalue weighted by atomic mass is 35.5. The molecule has 0 saturated heterocycles. The average Bonchev–Trinajstić information content (AvgIpc) is 2.97. The van der Waals surface area contributed by atoms with Crippen LogP contribution in [0, 0.1) is 13.8 Å². The molecule has 0 fully saturated rings. The van der Waals surface area contributed by atoms with Gasteiger partial charge in [-0.25, -0.2) is 5.43 Å². The number of amides is 1.